The van der Waals surface area contributed by atoms with Crippen molar-refractivity contribution in [2.45, 2.75) is 18.1 Å². The Labute approximate surface area is 158 Å². The van der Waals surface area contributed by atoms with E-state index in [4.69, 9.17) is 13.9 Å². The summed E-state index contributed by atoms with van der Waals surface area (Å²) >= 11 is 1.39. The van der Waals surface area contributed by atoms with Crippen LogP contribution in [0.25, 0.3) is 11.5 Å². The van der Waals surface area contributed by atoms with Crippen LogP contribution < -0.4 is 9.47 Å². The molecule has 0 bridgehead atoms. The maximum atomic E-state index is 12.9. The number of halogens is 1. The average Bonchev–Trinajstić information content (AvgIpc) is 3.34. The second kappa shape index (κ2) is 7.79. The SMILES string of the molecule is O=C(CCCSc1nnc(-c2ccc3c(c2)OCO3)o1)c1ccc(F)cc1. The first-order valence-corrected chi connectivity index (χ1v) is 9.33. The van der Waals surface area contributed by atoms with Gasteiger partial charge in [0.05, 0.1) is 0 Å². The topological polar surface area (TPSA) is 74.5 Å². The summed E-state index contributed by atoms with van der Waals surface area (Å²) in [6, 6.07) is 11.0. The molecule has 0 aliphatic carbocycles. The Balaban J connectivity index is 1.28. The maximum absolute atomic E-state index is 12.9. The molecule has 1 aliphatic heterocycles. The Kier molecular flexibility index (Phi) is 5.06. The van der Waals surface area contributed by atoms with E-state index in [0.717, 1.165) is 5.56 Å². The number of carbonyl (C=O) groups excluding carboxylic acids is 1. The number of hydrogen-bond acceptors (Lipinski definition) is 7. The lowest BCUT2D eigenvalue weighted by atomic mass is 10.1. The van der Waals surface area contributed by atoms with Crippen LogP contribution >= 0.6 is 11.8 Å². The minimum Gasteiger partial charge on any atom is -0.454 e. The molecular formula is C19H15FN2O4S. The van der Waals surface area contributed by atoms with E-state index in [1.54, 1.807) is 12.1 Å². The Morgan fingerprint density at radius 2 is 1.89 bits per heavy atom. The van der Waals surface area contributed by atoms with Gasteiger partial charge in [0.1, 0.15) is 5.82 Å². The smallest absolute Gasteiger partial charge is 0.276 e. The standard InChI is InChI=1S/C19H15FN2O4S/c20-14-6-3-12(4-7-14)15(23)2-1-9-27-19-22-21-18(26-19)13-5-8-16-17(10-13)25-11-24-16/h3-8,10H,1-2,9,11H2. The molecule has 0 spiro atoms. The first kappa shape index (κ1) is 17.5. The van der Waals surface area contributed by atoms with Crippen LogP contribution in [-0.2, 0) is 0 Å². The van der Waals surface area contributed by atoms with Crippen molar-refractivity contribution < 1.29 is 23.1 Å². The molecule has 0 amide bonds. The monoisotopic (exact) mass is 386 g/mol. The molecule has 0 saturated carbocycles. The van der Waals surface area contributed by atoms with Gasteiger partial charge in [0.25, 0.3) is 5.22 Å². The fourth-order valence-corrected chi connectivity index (χ4v) is 3.29. The zero-order chi connectivity index (χ0) is 18.6. The molecule has 0 saturated heterocycles. The lowest BCUT2D eigenvalue weighted by molar-refractivity contribution is 0.0982. The molecule has 2 heterocycles. The Bertz CT molecular complexity index is 959. The van der Waals surface area contributed by atoms with Gasteiger partial charge in [-0.1, -0.05) is 11.8 Å². The number of carbonyl (C=O) groups is 1. The summed E-state index contributed by atoms with van der Waals surface area (Å²) in [4.78, 5) is 12.0. The van der Waals surface area contributed by atoms with Crippen molar-refractivity contribution in [3.63, 3.8) is 0 Å². The first-order valence-electron chi connectivity index (χ1n) is 8.34. The van der Waals surface area contributed by atoms with Gasteiger partial charge >= 0.3 is 0 Å². The van der Waals surface area contributed by atoms with E-state index in [-0.39, 0.29) is 18.4 Å². The van der Waals surface area contributed by atoms with Crippen LogP contribution in [0.3, 0.4) is 0 Å². The van der Waals surface area contributed by atoms with Crippen LogP contribution in [0, 0.1) is 5.82 Å². The second-order valence-electron chi connectivity index (χ2n) is 5.82. The summed E-state index contributed by atoms with van der Waals surface area (Å²) in [7, 11) is 0. The molecule has 1 aromatic heterocycles. The van der Waals surface area contributed by atoms with Gasteiger partial charge in [-0.2, -0.15) is 0 Å². The van der Waals surface area contributed by atoms with Gasteiger partial charge in [0.15, 0.2) is 17.3 Å². The molecule has 0 radical (unpaired) electrons. The molecule has 8 heteroatoms. The van der Waals surface area contributed by atoms with Crippen molar-refractivity contribution in [1.82, 2.24) is 10.2 Å². The normalized spacial score (nSPS) is 12.3. The third-order valence-corrected chi connectivity index (χ3v) is 4.87. The highest BCUT2D eigenvalue weighted by Crippen LogP contribution is 2.36. The minimum absolute atomic E-state index is 0.0119. The van der Waals surface area contributed by atoms with E-state index >= 15 is 0 Å². The highest BCUT2D eigenvalue weighted by atomic mass is 32.2. The molecule has 27 heavy (non-hydrogen) atoms. The van der Waals surface area contributed by atoms with Gasteiger partial charge in [-0.3, -0.25) is 4.79 Å². The molecule has 0 unspecified atom stereocenters. The molecule has 2 aromatic carbocycles. The van der Waals surface area contributed by atoms with E-state index in [1.807, 2.05) is 6.07 Å². The van der Waals surface area contributed by atoms with Gasteiger partial charge in [-0.25, -0.2) is 4.39 Å². The summed E-state index contributed by atoms with van der Waals surface area (Å²) in [5, 5.41) is 8.51. The average molecular weight is 386 g/mol. The van der Waals surface area contributed by atoms with Crippen LogP contribution in [0.1, 0.15) is 23.2 Å². The van der Waals surface area contributed by atoms with Gasteiger partial charge in [0.2, 0.25) is 12.7 Å². The van der Waals surface area contributed by atoms with E-state index in [9.17, 15) is 9.18 Å². The number of nitrogens with zero attached hydrogens (tertiary/aromatic N) is 2. The van der Waals surface area contributed by atoms with Crippen molar-refractivity contribution >= 4 is 17.5 Å². The molecule has 4 rings (SSSR count). The largest absolute Gasteiger partial charge is 0.454 e. The lowest BCUT2D eigenvalue weighted by Crippen LogP contribution is -1.99. The molecule has 3 aromatic rings. The summed E-state index contributed by atoms with van der Waals surface area (Å²) in [5.41, 5.74) is 1.27. The third kappa shape index (κ3) is 4.11. The number of ketones is 1. The predicted molar refractivity (Wildman–Crippen MR) is 96.5 cm³/mol. The molecule has 6 nitrogen and oxygen atoms in total. The fourth-order valence-electron chi connectivity index (χ4n) is 2.59. The number of thioether (sulfide) groups is 1. The Hall–Kier alpha value is -2.87. The highest BCUT2D eigenvalue weighted by molar-refractivity contribution is 7.99. The van der Waals surface area contributed by atoms with Crippen molar-refractivity contribution in [1.29, 1.82) is 0 Å². The number of hydrogen-bond donors (Lipinski definition) is 0. The summed E-state index contributed by atoms with van der Waals surface area (Å²) in [6.07, 6.45) is 1.03. The van der Waals surface area contributed by atoms with Gasteiger partial charge in [0, 0.05) is 23.3 Å². The molecule has 0 atom stereocenters. The molecule has 0 N–H and O–H groups in total. The summed E-state index contributed by atoms with van der Waals surface area (Å²) < 4.78 is 29.2. The van der Waals surface area contributed by atoms with E-state index in [0.29, 0.717) is 46.8 Å². The number of fused-ring (bicyclic) bond motifs is 1. The zero-order valence-electron chi connectivity index (χ0n) is 14.2. The van der Waals surface area contributed by atoms with Crippen molar-refractivity contribution in [2.24, 2.45) is 0 Å². The second-order valence-corrected chi connectivity index (χ2v) is 6.87. The maximum Gasteiger partial charge on any atom is 0.276 e. The zero-order valence-corrected chi connectivity index (χ0v) is 15.0. The minimum atomic E-state index is -0.350. The quantitative estimate of drug-likeness (QED) is 0.339. The summed E-state index contributed by atoms with van der Waals surface area (Å²) in [6.45, 7) is 0.209. The lowest BCUT2D eigenvalue weighted by Gasteiger charge is -2.00. The van der Waals surface area contributed by atoms with Crippen molar-refractivity contribution in [3.8, 4) is 23.0 Å². The van der Waals surface area contributed by atoms with Gasteiger partial charge in [-0.05, 0) is 48.9 Å². The van der Waals surface area contributed by atoms with E-state index < -0.39 is 0 Å². The predicted octanol–water partition coefficient (Wildman–Crippen LogP) is 4.36. The molecule has 1 aliphatic rings. The number of benzene rings is 2. The van der Waals surface area contributed by atoms with Gasteiger partial charge in [-0.15, -0.1) is 10.2 Å². The molecular weight excluding hydrogens is 371 g/mol. The fraction of sp³-hybridized carbons (Fsp3) is 0.211. The summed E-state index contributed by atoms with van der Waals surface area (Å²) in [5.74, 6) is 2.05. The number of aromatic nitrogens is 2. The number of ether oxygens (including phenoxy) is 2. The van der Waals surface area contributed by atoms with Crippen LogP contribution in [0.2, 0.25) is 0 Å². The van der Waals surface area contributed by atoms with Gasteiger partial charge < -0.3 is 13.9 Å². The van der Waals surface area contributed by atoms with Crippen LogP contribution in [-0.4, -0.2) is 28.5 Å². The number of Topliss-reactive ketones (excluding diaryl/α,β-unsaturated/α-hetero) is 1. The van der Waals surface area contributed by atoms with E-state index in [1.165, 1.54) is 36.0 Å². The first-order chi connectivity index (χ1) is 13.2. The van der Waals surface area contributed by atoms with E-state index in [2.05, 4.69) is 10.2 Å². The van der Waals surface area contributed by atoms with Crippen molar-refractivity contribution in [3.05, 3.63) is 53.8 Å². The molecule has 0 fully saturated rings. The van der Waals surface area contributed by atoms with Crippen LogP contribution in [0.5, 0.6) is 11.5 Å². The highest BCUT2D eigenvalue weighted by Gasteiger charge is 2.17. The van der Waals surface area contributed by atoms with Crippen molar-refractivity contribution in [2.75, 3.05) is 12.5 Å². The molecule has 138 valence electrons. The van der Waals surface area contributed by atoms with Crippen LogP contribution in [0.4, 0.5) is 4.39 Å². The van der Waals surface area contributed by atoms with Crippen LogP contribution in [0.15, 0.2) is 52.1 Å². The Morgan fingerprint density at radius 3 is 2.74 bits per heavy atom. The Morgan fingerprint density at radius 1 is 1.07 bits per heavy atom. The third-order valence-electron chi connectivity index (χ3n) is 3.97. The number of rotatable bonds is 7.